The van der Waals surface area contributed by atoms with Gasteiger partial charge in [0.2, 0.25) is 0 Å². The molecule has 0 radical (unpaired) electrons. The van der Waals surface area contributed by atoms with E-state index in [0.29, 0.717) is 12.1 Å². The van der Waals surface area contributed by atoms with Crippen LogP contribution in [0.5, 0.6) is 0 Å². The van der Waals surface area contributed by atoms with Gasteiger partial charge in [0, 0.05) is 31.4 Å². The molecule has 5 nitrogen and oxygen atoms in total. The number of aryl methyl sites for hydroxylation is 1. The SMILES string of the molecule is Cc1ccc(-c2nn(Cc3ccccc3)cc2C(=O)N2CCCN(C)CC2)cc1. The minimum Gasteiger partial charge on any atom is -0.337 e. The summed E-state index contributed by atoms with van der Waals surface area (Å²) >= 11 is 0. The van der Waals surface area contributed by atoms with Gasteiger partial charge < -0.3 is 9.80 Å². The van der Waals surface area contributed by atoms with Crippen molar-refractivity contribution in [3.63, 3.8) is 0 Å². The van der Waals surface area contributed by atoms with E-state index in [4.69, 9.17) is 5.10 Å². The summed E-state index contributed by atoms with van der Waals surface area (Å²) in [4.78, 5) is 17.7. The van der Waals surface area contributed by atoms with E-state index in [-0.39, 0.29) is 5.91 Å². The average Bonchev–Trinajstić information content (AvgIpc) is 3.02. The Morgan fingerprint density at radius 3 is 2.48 bits per heavy atom. The number of amides is 1. The molecule has 3 aromatic rings. The van der Waals surface area contributed by atoms with E-state index < -0.39 is 0 Å². The third-order valence-corrected chi connectivity index (χ3v) is 5.51. The van der Waals surface area contributed by atoms with Gasteiger partial charge in [0.05, 0.1) is 12.1 Å². The maximum Gasteiger partial charge on any atom is 0.257 e. The smallest absolute Gasteiger partial charge is 0.257 e. The Balaban J connectivity index is 1.68. The predicted molar refractivity (Wildman–Crippen MR) is 116 cm³/mol. The Labute approximate surface area is 172 Å². The molecule has 1 amide bonds. The third-order valence-electron chi connectivity index (χ3n) is 5.51. The summed E-state index contributed by atoms with van der Waals surface area (Å²) in [5, 5.41) is 4.82. The molecule has 1 aliphatic heterocycles. The second-order valence-electron chi connectivity index (χ2n) is 7.89. The summed E-state index contributed by atoms with van der Waals surface area (Å²) in [5.41, 5.74) is 4.80. The summed E-state index contributed by atoms with van der Waals surface area (Å²) in [5.74, 6) is 0.0789. The van der Waals surface area contributed by atoms with Crippen LogP contribution in [0.2, 0.25) is 0 Å². The molecule has 5 heteroatoms. The van der Waals surface area contributed by atoms with Gasteiger partial charge in [-0.2, -0.15) is 5.10 Å². The number of aromatic nitrogens is 2. The fourth-order valence-corrected chi connectivity index (χ4v) is 3.77. The molecule has 2 heterocycles. The van der Waals surface area contributed by atoms with Gasteiger partial charge in [-0.15, -0.1) is 0 Å². The Morgan fingerprint density at radius 2 is 1.72 bits per heavy atom. The number of likely N-dealkylation sites (N-methyl/N-ethyl adjacent to an activating group) is 1. The number of carbonyl (C=O) groups is 1. The maximum atomic E-state index is 13.4. The van der Waals surface area contributed by atoms with Gasteiger partial charge in [0.25, 0.3) is 5.91 Å². The molecule has 2 aromatic carbocycles. The predicted octanol–water partition coefficient (Wildman–Crippen LogP) is 3.68. The van der Waals surface area contributed by atoms with E-state index in [2.05, 4.69) is 55.3 Å². The summed E-state index contributed by atoms with van der Waals surface area (Å²) in [6.07, 6.45) is 2.92. The zero-order valence-electron chi connectivity index (χ0n) is 17.2. The van der Waals surface area contributed by atoms with Gasteiger partial charge in [-0.05, 0) is 32.5 Å². The van der Waals surface area contributed by atoms with Crippen LogP contribution in [0.3, 0.4) is 0 Å². The van der Waals surface area contributed by atoms with Crippen LogP contribution in [0, 0.1) is 6.92 Å². The fourth-order valence-electron chi connectivity index (χ4n) is 3.77. The first-order valence-corrected chi connectivity index (χ1v) is 10.3. The van der Waals surface area contributed by atoms with Gasteiger partial charge in [0.1, 0.15) is 5.69 Å². The Bertz CT molecular complexity index is 962. The Kier molecular flexibility index (Phi) is 5.76. The van der Waals surface area contributed by atoms with Gasteiger partial charge in [-0.3, -0.25) is 9.48 Å². The summed E-state index contributed by atoms with van der Waals surface area (Å²) in [6.45, 7) is 6.20. The van der Waals surface area contributed by atoms with Crippen molar-refractivity contribution in [3.8, 4) is 11.3 Å². The highest BCUT2D eigenvalue weighted by Gasteiger charge is 2.24. The van der Waals surface area contributed by atoms with Gasteiger partial charge in [-0.1, -0.05) is 60.2 Å². The molecular formula is C24H28N4O. The number of benzene rings is 2. The highest BCUT2D eigenvalue weighted by atomic mass is 16.2. The number of hydrogen-bond donors (Lipinski definition) is 0. The normalized spacial score (nSPS) is 15.3. The zero-order valence-corrected chi connectivity index (χ0v) is 17.2. The fraction of sp³-hybridized carbons (Fsp3) is 0.333. The van der Waals surface area contributed by atoms with Crippen LogP contribution in [0.15, 0.2) is 60.8 Å². The molecule has 1 fully saturated rings. The first-order valence-electron chi connectivity index (χ1n) is 10.3. The number of nitrogens with zero attached hydrogens (tertiary/aromatic N) is 4. The summed E-state index contributed by atoms with van der Waals surface area (Å²) in [7, 11) is 2.11. The molecule has 150 valence electrons. The molecule has 0 unspecified atom stereocenters. The standard InChI is InChI=1S/C24H28N4O/c1-19-9-11-21(12-10-19)23-22(24(29)27-14-6-13-26(2)15-16-27)18-28(25-23)17-20-7-4-3-5-8-20/h3-5,7-12,18H,6,13-17H2,1-2H3. The van der Waals surface area contributed by atoms with E-state index in [1.54, 1.807) is 0 Å². The molecule has 0 spiro atoms. The summed E-state index contributed by atoms with van der Waals surface area (Å²) in [6, 6.07) is 18.5. The van der Waals surface area contributed by atoms with E-state index in [1.807, 2.05) is 34.0 Å². The molecule has 1 saturated heterocycles. The van der Waals surface area contributed by atoms with Crippen LogP contribution in [0.1, 0.15) is 27.9 Å². The monoisotopic (exact) mass is 388 g/mol. The Morgan fingerprint density at radius 1 is 0.966 bits per heavy atom. The highest BCUT2D eigenvalue weighted by molar-refractivity contribution is 5.99. The molecule has 0 atom stereocenters. The lowest BCUT2D eigenvalue weighted by atomic mass is 10.1. The van der Waals surface area contributed by atoms with E-state index in [1.165, 1.54) is 11.1 Å². The average molecular weight is 389 g/mol. The lowest BCUT2D eigenvalue weighted by molar-refractivity contribution is 0.0763. The molecule has 29 heavy (non-hydrogen) atoms. The molecule has 4 rings (SSSR count). The minimum atomic E-state index is 0.0789. The van der Waals surface area contributed by atoms with Crippen LogP contribution in [-0.2, 0) is 6.54 Å². The van der Waals surface area contributed by atoms with Crippen LogP contribution in [0.4, 0.5) is 0 Å². The van der Waals surface area contributed by atoms with Crippen molar-refractivity contribution in [1.29, 1.82) is 0 Å². The van der Waals surface area contributed by atoms with Crippen molar-refractivity contribution >= 4 is 5.91 Å². The Hall–Kier alpha value is -2.92. The van der Waals surface area contributed by atoms with E-state index in [9.17, 15) is 4.79 Å². The molecule has 0 bridgehead atoms. The molecule has 1 aliphatic rings. The first-order chi connectivity index (χ1) is 14.1. The van der Waals surface area contributed by atoms with Crippen LogP contribution >= 0.6 is 0 Å². The van der Waals surface area contributed by atoms with Crippen LogP contribution in [0.25, 0.3) is 11.3 Å². The zero-order chi connectivity index (χ0) is 20.2. The van der Waals surface area contributed by atoms with Gasteiger partial charge in [0.15, 0.2) is 0 Å². The quantitative estimate of drug-likeness (QED) is 0.685. The molecular weight excluding hydrogens is 360 g/mol. The minimum absolute atomic E-state index is 0.0789. The first kappa shape index (κ1) is 19.4. The summed E-state index contributed by atoms with van der Waals surface area (Å²) < 4.78 is 1.89. The van der Waals surface area contributed by atoms with E-state index >= 15 is 0 Å². The highest BCUT2D eigenvalue weighted by Crippen LogP contribution is 2.25. The van der Waals surface area contributed by atoms with Crippen molar-refractivity contribution in [1.82, 2.24) is 19.6 Å². The van der Waals surface area contributed by atoms with Crippen LogP contribution in [-0.4, -0.2) is 58.7 Å². The van der Waals surface area contributed by atoms with Gasteiger partial charge >= 0.3 is 0 Å². The van der Waals surface area contributed by atoms with Crippen molar-refractivity contribution in [2.45, 2.75) is 19.9 Å². The topological polar surface area (TPSA) is 41.4 Å². The largest absolute Gasteiger partial charge is 0.337 e. The molecule has 0 aliphatic carbocycles. The van der Waals surface area contributed by atoms with Crippen molar-refractivity contribution in [2.24, 2.45) is 0 Å². The van der Waals surface area contributed by atoms with E-state index in [0.717, 1.165) is 43.9 Å². The molecule has 1 aromatic heterocycles. The third kappa shape index (κ3) is 4.57. The number of carbonyl (C=O) groups excluding carboxylic acids is 1. The van der Waals surface area contributed by atoms with Gasteiger partial charge in [-0.25, -0.2) is 0 Å². The van der Waals surface area contributed by atoms with Crippen molar-refractivity contribution in [3.05, 3.63) is 77.5 Å². The number of rotatable bonds is 4. The van der Waals surface area contributed by atoms with Crippen molar-refractivity contribution in [2.75, 3.05) is 33.2 Å². The lowest BCUT2D eigenvalue weighted by Gasteiger charge is -2.20. The molecule has 0 saturated carbocycles. The van der Waals surface area contributed by atoms with Crippen LogP contribution < -0.4 is 0 Å². The second kappa shape index (κ2) is 8.62. The second-order valence-corrected chi connectivity index (χ2v) is 7.89. The molecule has 0 N–H and O–H groups in total. The van der Waals surface area contributed by atoms with Crippen molar-refractivity contribution < 1.29 is 4.79 Å². The number of hydrogen-bond acceptors (Lipinski definition) is 3. The maximum absolute atomic E-state index is 13.4. The lowest BCUT2D eigenvalue weighted by Crippen LogP contribution is -2.34.